The quantitative estimate of drug-likeness (QED) is 0.292. The van der Waals surface area contributed by atoms with E-state index >= 15 is 0 Å². The first-order valence-electron chi connectivity index (χ1n) is 12.3. The number of anilines is 1. The molecule has 3 N–H and O–H groups in total. The number of rotatable bonds is 5. The summed E-state index contributed by atoms with van der Waals surface area (Å²) in [5.74, 6) is -1.31. The second kappa shape index (κ2) is 13.3. The third-order valence-electron chi connectivity index (χ3n) is 7.41. The molecule has 0 radical (unpaired) electrons. The third kappa shape index (κ3) is 7.37. The number of hydrogen-bond acceptors (Lipinski definition) is 5. The maximum Gasteiger partial charge on any atom is 0.490 e. The van der Waals surface area contributed by atoms with Crippen LogP contribution in [0.1, 0.15) is 31.2 Å². The molecule has 2 aromatic rings. The average Bonchev–Trinajstić information content (AvgIpc) is 3.26. The van der Waals surface area contributed by atoms with E-state index < -0.39 is 18.2 Å². The Morgan fingerprint density at radius 2 is 1.61 bits per heavy atom. The van der Waals surface area contributed by atoms with Gasteiger partial charge in [-0.05, 0) is 63.0 Å². The SMILES string of the molecule is COc1ccc(C23CCC(NC(=O)Nc4c(Cl)c(Cl)cc(Cl)c4Cl)CC2N(C)CC3)cc1OC.O=C(O)C(F)(F)F. The van der Waals surface area contributed by atoms with E-state index in [1.807, 2.05) is 6.07 Å². The minimum atomic E-state index is -5.08. The molecule has 2 aromatic carbocycles. The summed E-state index contributed by atoms with van der Waals surface area (Å²) in [5, 5.41) is 13.7. The zero-order chi connectivity index (χ0) is 30.7. The van der Waals surface area contributed by atoms with Crippen molar-refractivity contribution in [3.05, 3.63) is 49.9 Å². The molecule has 1 aliphatic carbocycles. The lowest BCUT2D eigenvalue weighted by Crippen LogP contribution is -2.52. The summed E-state index contributed by atoms with van der Waals surface area (Å²) >= 11 is 24.7. The number of carbonyl (C=O) groups is 2. The number of halogens is 7. The van der Waals surface area contributed by atoms with Crippen LogP contribution >= 0.6 is 46.4 Å². The van der Waals surface area contributed by atoms with Gasteiger partial charge in [0.15, 0.2) is 11.5 Å². The van der Waals surface area contributed by atoms with Gasteiger partial charge in [-0.2, -0.15) is 13.2 Å². The normalized spacial score (nSPS) is 22.2. The monoisotopic (exact) mass is 659 g/mol. The molecular formula is C26H28Cl4F3N3O5. The van der Waals surface area contributed by atoms with Gasteiger partial charge in [-0.15, -0.1) is 0 Å². The summed E-state index contributed by atoms with van der Waals surface area (Å²) in [6.45, 7) is 0.990. The highest BCUT2D eigenvalue weighted by Gasteiger charge is 2.50. The number of urea groups is 1. The Morgan fingerprint density at radius 1 is 1.02 bits per heavy atom. The van der Waals surface area contributed by atoms with Gasteiger partial charge in [0.05, 0.1) is 40.0 Å². The summed E-state index contributed by atoms with van der Waals surface area (Å²) in [6.07, 6.45) is -1.44. The summed E-state index contributed by atoms with van der Waals surface area (Å²) < 4.78 is 42.7. The molecule has 3 atom stereocenters. The van der Waals surface area contributed by atoms with Crippen molar-refractivity contribution < 1.29 is 37.3 Å². The van der Waals surface area contributed by atoms with Crippen molar-refractivity contribution in [2.24, 2.45) is 0 Å². The van der Waals surface area contributed by atoms with Gasteiger partial charge in [0, 0.05) is 17.5 Å². The Balaban J connectivity index is 0.000000587. The number of methoxy groups -OCH3 is 2. The summed E-state index contributed by atoms with van der Waals surface area (Å²) in [4.78, 5) is 24.1. The minimum absolute atomic E-state index is 0.00391. The molecule has 1 saturated carbocycles. The summed E-state index contributed by atoms with van der Waals surface area (Å²) in [6, 6.07) is 7.52. The van der Waals surface area contributed by atoms with Crippen LogP contribution in [0.15, 0.2) is 24.3 Å². The first kappa shape index (κ1) is 33.2. The standard InChI is InChI=1S/C24H27Cl4N3O3.C2HF3O2/c1-31-9-8-24(13-4-5-17(33-2)18(10-13)34-3)7-6-14(11-19(24)31)29-23(32)30-22-20(27)15(25)12-16(26)21(22)28;3-2(4,5)1(6)7/h4-5,10,12,14,19H,6-9,11H2,1-3H3,(H2,29,30,32);(H,6,7). The molecule has 4 rings (SSSR count). The molecule has 0 spiro atoms. The Labute approximate surface area is 255 Å². The number of likely N-dealkylation sites (N-methyl/N-ethyl adjacent to an activating group) is 1. The fraction of sp³-hybridized carbons (Fsp3) is 0.462. The van der Waals surface area contributed by atoms with Crippen LogP contribution in [-0.4, -0.2) is 68.1 Å². The van der Waals surface area contributed by atoms with Crippen LogP contribution in [0, 0.1) is 0 Å². The zero-order valence-electron chi connectivity index (χ0n) is 22.2. The van der Waals surface area contributed by atoms with Crippen LogP contribution in [-0.2, 0) is 10.2 Å². The first-order chi connectivity index (χ1) is 19.1. The summed E-state index contributed by atoms with van der Waals surface area (Å²) in [7, 11) is 5.44. The number of benzene rings is 2. The summed E-state index contributed by atoms with van der Waals surface area (Å²) in [5.41, 5.74) is 1.44. The van der Waals surface area contributed by atoms with Crippen LogP contribution in [0.2, 0.25) is 20.1 Å². The molecule has 0 bridgehead atoms. The fourth-order valence-electron chi connectivity index (χ4n) is 5.41. The number of carbonyl (C=O) groups excluding carboxylic acids is 1. The number of nitrogens with one attached hydrogen (secondary N) is 2. The van der Waals surface area contributed by atoms with Crippen molar-refractivity contribution in [2.75, 3.05) is 33.1 Å². The van der Waals surface area contributed by atoms with E-state index in [1.165, 1.54) is 11.6 Å². The number of ether oxygens (including phenoxy) is 2. The van der Waals surface area contributed by atoms with Crippen molar-refractivity contribution in [1.82, 2.24) is 10.2 Å². The van der Waals surface area contributed by atoms with E-state index in [2.05, 4.69) is 34.7 Å². The van der Waals surface area contributed by atoms with Gasteiger partial charge in [-0.25, -0.2) is 9.59 Å². The Morgan fingerprint density at radius 3 is 2.15 bits per heavy atom. The van der Waals surface area contributed by atoms with E-state index in [0.717, 1.165) is 43.7 Å². The average molecular weight is 661 g/mol. The van der Waals surface area contributed by atoms with Crippen LogP contribution < -0.4 is 20.1 Å². The topological polar surface area (TPSA) is 100 Å². The van der Waals surface area contributed by atoms with Crippen LogP contribution in [0.3, 0.4) is 0 Å². The molecule has 2 aliphatic rings. The predicted molar refractivity (Wildman–Crippen MR) is 152 cm³/mol. The van der Waals surface area contributed by atoms with Crippen molar-refractivity contribution in [3.63, 3.8) is 0 Å². The minimum Gasteiger partial charge on any atom is -0.493 e. The van der Waals surface area contributed by atoms with E-state index in [-0.39, 0.29) is 43.3 Å². The van der Waals surface area contributed by atoms with Crippen molar-refractivity contribution in [3.8, 4) is 11.5 Å². The number of carboxylic acids is 1. The number of carboxylic acid groups (broad SMARTS) is 1. The molecule has 2 fully saturated rings. The Bertz CT molecular complexity index is 1270. The lowest BCUT2D eigenvalue weighted by atomic mass is 9.65. The highest BCUT2D eigenvalue weighted by Crippen LogP contribution is 2.50. The number of aliphatic carboxylic acids is 1. The molecule has 226 valence electrons. The van der Waals surface area contributed by atoms with Gasteiger partial charge in [0.1, 0.15) is 0 Å². The molecular weight excluding hydrogens is 633 g/mol. The van der Waals surface area contributed by atoms with Crippen LogP contribution in [0.5, 0.6) is 11.5 Å². The zero-order valence-corrected chi connectivity index (χ0v) is 25.2. The molecule has 0 aromatic heterocycles. The van der Waals surface area contributed by atoms with E-state index in [9.17, 15) is 18.0 Å². The molecule has 8 nitrogen and oxygen atoms in total. The van der Waals surface area contributed by atoms with E-state index in [0.29, 0.717) is 0 Å². The molecule has 2 amide bonds. The lowest BCUT2D eigenvalue weighted by molar-refractivity contribution is -0.192. The Hall–Kier alpha value is -2.31. The van der Waals surface area contributed by atoms with Crippen molar-refractivity contribution >= 4 is 64.1 Å². The number of amides is 2. The highest BCUT2D eigenvalue weighted by molar-refractivity contribution is 6.50. The van der Waals surface area contributed by atoms with E-state index in [4.69, 9.17) is 65.8 Å². The molecule has 1 heterocycles. The second-order valence-corrected chi connectivity index (χ2v) is 11.3. The van der Waals surface area contributed by atoms with Gasteiger partial charge in [-0.3, -0.25) is 0 Å². The molecule has 3 unspecified atom stereocenters. The maximum absolute atomic E-state index is 12.8. The van der Waals surface area contributed by atoms with Crippen LogP contribution in [0.25, 0.3) is 0 Å². The fourth-order valence-corrected chi connectivity index (χ4v) is 6.32. The molecule has 1 saturated heterocycles. The predicted octanol–water partition coefficient (Wildman–Crippen LogP) is 7.27. The number of nitrogens with zero attached hydrogens (tertiary/aromatic N) is 1. The number of likely N-dealkylation sites (tertiary alicyclic amines) is 1. The maximum atomic E-state index is 12.8. The van der Waals surface area contributed by atoms with Gasteiger partial charge in [0.25, 0.3) is 0 Å². The van der Waals surface area contributed by atoms with Crippen molar-refractivity contribution in [2.45, 2.75) is 49.4 Å². The lowest BCUT2D eigenvalue weighted by Gasteiger charge is -2.45. The molecule has 1 aliphatic heterocycles. The Kier molecular flexibility index (Phi) is 10.8. The number of alkyl halides is 3. The second-order valence-electron chi connectivity index (χ2n) is 9.69. The highest BCUT2D eigenvalue weighted by atomic mass is 35.5. The first-order valence-corrected chi connectivity index (χ1v) is 13.8. The van der Waals surface area contributed by atoms with Gasteiger partial charge in [0.2, 0.25) is 0 Å². The largest absolute Gasteiger partial charge is 0.493 e. The number of hydrogen-bond donors (Lipinski definition) is 3. The van der Waals surface area contributed by atoms with Gasteiger partial charge < -0.3 is 30.1 Å². The number of fused-ring (bicyclic) bond motifs is 1. The van der Waals surface area contributed by atoms with Gasteiger partial charge in [-0.1, -0.05) is 52.5 Å². The van der Waals surface area contributed by atoms with Crippen molar-refractivity contribution in [1.29, 1.82) is 0 Å². The van der Waals surface area contributed by atoms with Gasteiger partial charge >= 0.3 is 18.2 Å². The third-order valence-corrected chi connectivity index (χ3v) is 8.99. The van der Waals surface area contributed by atoms with Crippen LogP contribution in [0.4, 0.5) is 23.7 Å². The molecule has 15 heteroatoms. The smallest absolute Gasteiger partial charge is 0.490 e. The molecule has 41 heavy (non-hydrogen) atoms. The van der Waals surface area contributed by atoms with E-state index in [1.54, 1.807) is 14.2 Å².